The standard InChI is InChI=1S/C23H21F3N6O4/c24-23(25,26)35-15-8-6-14(7-9-15)20-29-19(36-32-20)11-10-18(33)27-12-3-13-28-21-16-4-1-2-5-17(16)22(34)31-30-21/h1-2,4-9,17,28H,3,10-13H2,(H,27,33). The molecule has 0 spiro atoms. The lowest BCUT2D eigenvalue weighted by molar-refractivity contribution is -0.274. The zero-order chi connectivity index (χ0) is 25.5. The third-order valence-electron chi connectivity index (χ3n) is 5.16. The molecule has 36 heavy (non-hydrogen) atoms. The highest BCUT2D eigenvalue weighted by Gasteiger charge is 2.31. The average Bonchev–Trinajstić information content (AvgIpc) is 3.33. The highest BCUT2D eigenvalue weighted by molar-refractivity contribution is 5.86. The Balaban J connectivity index is 1.16. The SMILES string of the molecule is O=C(CCc1nc(-c2ccc(OC(F)(F)F)cc2)no1)NCCCNC1=C2C=CC=CC2C(=O)N=N1. The molecular formula is C23H21F3N6O4. The number of benzene rings is 1. The number of hydrogen-bond donors (Lipinski definition) is 2. The predicted molar refractivity (Wildman–Crippen MR) is 119 cm³/mol. The Morgan fingerprint density at radius 1 is 1.11 bits per heavy atom. The molecule has 2 heterocycles. The van der Waals surface area contributed by atoms with Crippen LogP contribution in [0.5, 0.6) is 5.75 Å². The Bertz CT molecular complexity index is 1230. The van der Waals surface area contributed by atoms with Gasteiger partial charge in [0.15, 0.2) is 5.82 Å². The quantitative estimate of drug-likeness (QED) is 0.475. The van der Waals surface area contributed by atoms with Crippen LogP contribution < -0.4 is 15.4 Å². The number of aromatic nitrogens is 2. The molecular weight excluding hydrogens is 481 g/mol. The van der Waals surface area contributed by atoms with Crippen LogP contribution in [0.2, 0.25) is 0 Å². The highest BCUT2D eigenvalue weighted by Crippen LogP contribution is 2.27. The summed E-state index contributed by atoms with van der Waals surface area (Å²) in [6, 6.07) is 5.05. The molecule has 0 saturated heterocycles. The Kier molecular flexibility index (Phi) is 7.56. The molecule has 1 aromatic carbocycles. The number of nitrogens with zero attached hydrogens (tertiary/aromatic N) is 4. The van der Waals surface area contributed by atoms with Crippen LogP contribution in [-0.4, -0.2) is 41.4 Å². The van der Waals surface area contributed by atoms with E-state index in [4.69, 9.17) is 4.52 Å². The summed E-state index contributed by atoms with van der Waals surface area (Å²) in [4.78, 5) is 28.1. The second-order valence-electron chi connectivity index (χ2n) is 7.78. The zero-order valence-corrected chi connectivity index (χ0v) is 18.8. The van der Waals surface area contributed by atoms with E-state index in [1.54, 1.807) is 12.2 Å². The number of hydrogen-bond acceptors (Lipinski definition) is 8. The minimum absolute atomic E-state index is 0.123. The average molecular weight is 502 g/mol. The van der Waals surface area contributed by atoms with Gasteiger partial charge < -0.3 is 19.9 Å². The maximum atomic E-state index is 12.3. The number of halogens is 3. The summed E-state index contributed by atoms with van der Waals surface area (Å²) in [7, 11) is 0. The van der Waals surface area contributed by atoms with E-state index in [-0.39, 0.29) is 42.1 Å². The van der Waals surface area contributed by atoms with Gasteiger partial charge in [-0.3, -0.25) is 9.59 Å². The summed E-state index contributed by atoms with van der Waals surface area (Å²) in [6.07, 6.45) is 3.40. The van der Waals surface area contributed by atoms with E-state index in [9.17, 15) is 22.8 Å². The molecule has 4 rings (SSSR count). The number of carbonyl (C=O) groups is 2. The monoisotopic (exact) mass is 502 g/mol. The maximum Gasteiger partial charge on any atom is 0.573 e. The molecule has 2 aromatic rings. The fourth-order valence-electron chi connectivity index (χ4n) is 3.45. The van der Waals surface area contributed by atoms with Gasteiger partial charge >= 0.3 is 6.36 Å². The van der Waals surface area contributed by atoms with Crippen LogP contribution in [0.25, 0.3) is 11.4 Å². The van der Waals surface area contributed by atoms with Crippen molar-refractivity contribution in [3.8, 4) is 17.1 Å². The summed E-state index contributed by atoms with van der Waals surface area (Å²) in [5, 5.41) is 17.3. The molecule has 13 heteroatoms. The topological polar surface area (TPSA) is 131 Å². The van der Waals surface area contributed by atoms with Gasteiger partial charge in [0, 0.05) is 37.1 Å². The number of aryl methyl sites for hydroxylation is 1. The highest BCUT2D eigenvalue weighted by atomic mass is 19.4. The van der Waals surface area contributed by atoms with E-state index in [2.05, 4.69) is 35.7 Å². The third-order valence-corrected chi connectivity index (χ3v) is 5.16. The normalized spacial score (nSPS) is 16.8. The van der Waals surface area contributed by atoms with E-state index < -0.39 is 12.3 Å². The van der Waals surface area contributed by atoms with Crippen LogP contribution in [0.4, 0.5) is 13.2 Å². The van der Waals surface area contributed by atoms with E-state index in [1.807, 2.05) is 12.2 Å². The molecule has 2 N–H and O–H groups in total. The molecule has 1 atom stereocenters. The molecule has 1 unspecified atom stereocenters. The minimum atomic E-state index is -4.77. The van der Waals surface area contributed by atoms with Gasteiger partial charge in [-0.1, -0.05) is 29.5 Å². The van der Waals surface area contributed by atoms with E-state index in [0.29, 0.717) is 30.9 Å². The number of amides is 2. The first-order valence-electron chi connectivity index (χ1n) is 11.0. The molecule has 188 valence electrons. The zero-order valence-electron chi connectivity index (χ0n) is 18.8. The number of ether oxygens (including phenoxy) is 1. The van der Waals surface area contributed by atoms with Gasteiger partial charge in [0.25, 0.3) is 5.91 Å². The molecule has 1 aliphatic heterocycles. The van der Waals surface area contributed by atoms with Crippen LogP contribution in [0.3, 0.4) is 0 Å². The number of carbonyl (C=O) groups excluding carboxylic acids is 2. The number of allylic oxidation sites excluding steroid dienone is 3. The largest absolute Gasteiger partial charge is 0.573 e. The molecule has 10 nitrogen and oxygen atoms in total. The summed E-state index contributed by atoms with van der Waals surface area (Å²) in [6.45, 7) is 0.946. The predicted octanol–water partition coefficient (Wildman–Crippen LogP) is 3.61. The van der Waals surface area contributed by atoms with Gasteiger partial charge in [0.1, 0.15) is 5.75 Å². The van der Waals surface area contributed by atoms with Crippen molar-refractivity contribution in [3.63, 3.8) is 0 Å². The molecule has 2 aliphatic rings. The molecule has 1 aliphatic carbocycles. The first-order valence-corrected chi connectivity index (χ1v) is 11.0. The van der Waals surface area contributed by atoms with Gasteiger partial charge in [-0.15, -0.1) is 23.4 Å². The molecule has 0 radical (unpaired) electrons. The number of rotatable bonds is 10. The molecule has 2 amide bonds. The van der Waals surface area contributed by atoms with Crippen molar-refractivity contribution in [2.75, 3.05) is 13.1 Å². The summed E-state index contributed by atoms with van der Waals surface area (Å²) in [5.41, 5.74) is 1.21. The van der Waals surface area contributed by atoms with Crippen LogP contribution >= 0.6 is 0 Å². The van der Waals surface area contributed by atoms with Crippen molar-refractivity contribution in [3.05, 3.63) is 65.9 Å². The van der Waals surface area contributed by atoms with Crippen LogP contribution in [0, 0.1) is 5.92 Å². The van der Waals surface area contributed by atoms with Crippen LogP contribution in [-0.2, 0) is 16.0 Å². The van der Waals surface area contributed by atoms with Gasteiger partial charge in [-0.05, 0) is 30.7 Å². The lowest BCUT2D eigenvalue weighted by Gasteiger charge is -2.20. The van der Waals surface area contributed by atoms with Gasteiger partial charge in [0.05, 0.1) is 5.92 Å². The molecule has 0 saturated carbocycles. The Morgan fingerprint density at radius 2 is 1.92 bits per heavy atom. The molecule has 1 aromatic heterocycles. The smallest absolute Gasteiger partial charge is 0.406 e. The first kappa shape index (κ1) is 24.8. The van der Waals surface area contributed by atoms with Crippen molar-refractivity contribution < 1.29 is 32.0 Å². The van der Waals surface area contributed by atoms with Crippen molar-refractivity contribution in [1.82, 2.24) is 20.8 Å². The van der Waals surface area contributed by atoms with Crippen LogP contribution in [0.1, 0.15) is 18.7 Å². The lowest BCUT2D eigenvalue weighted by Crippen LogP contribution is -2.28. The van der Waals surface area contributed by atoms with E-state index >= 15 is 0 Å². The fourth-order valence-corrected chi connectivity index (χ4v) is 3.45. The number of alkyl halides is 3. The third kappa shape index (κ3) is 6.64. The van der Waals surface area contributed by atoms with Gasteiger partial charge in [-0.25, -0.2) is 0 Å². The Hall–Kier alpha value is -4.29. The van der Waals surface area contributed by atoms with Crippen LogP contribution in [0.15, 0.2) is 74.7 Å². The summed E-state index contributed by atoms with van der Waals surface area (Å²) < 4.78 is 45.7. The van der Waals surface area contributed by atoms with Crippen molar-refractivity contribution in [1.29, 1.82) is 0 Å². The number of fused-ring (bicyclic) bond motifs is 1. The number of azo groups is 1. The van der Waals surface area contributed by atoms with Gasteiger partial charge in [-0.2, -0.15) is 4.98 Å². The van der Waals surface area contributed by atoms with Crippen molar-refractivity contribution in [2.45, 2.75) is 25.6 Å². The summed E-state index contributed by atoms with van der Waals surface area (Å²) in [5.74, 6) is -0.308. The second kappa shape index (κ2) is 11.0. The Morgan fingerprint density at radius 3 is 2.69 bits per heavy atom. The van der Waals surface area contributed by atoms with Gasteiger partial charge in [0.2, 0.25) is 17.6 Å². The number of nitrogens with one attached hydrogen (secondary N) is 2. The Labute approximate surface area is 203 Å². The fraction of sp³-hybridized carbons (Fsp3) is 0.304. The molecule has 0 fully saturated rings. The van der Waals surface area contributed by atoms with Crippen molar-refractivity contribution in [2.24, 2.45) is 16.1 Å². The van der Waals surface area contributed by atoms with Crippen molar-refractivity contribution >= 4 is 11.8 Å². The summed E-state index contributed by atoms with van der Waals surface area (Å²) >= 11 is 0. The minimum Gasteiger partial charge on any atom is -0.406 e. The van der Waals surface area contributed by atoms with E-state index in [1.165, 1.54) is 12.1 Å². The van der Waals surface area contributed by atoms with E-state index in [0.717, 1.165) is 17.7 Å². The maximum absolute atomic E-state index is 12.3. The second-order valence-corrected chi connectivity index (χ2v) is 7.78. The molecule has 0 bridgehead atoms. The first-order chi connectivity index (χ1) is 17.3. The lowest BCUT2D eigenvalue weighted by atomic mass is 9.93.